The van der Waals surface area contributed by atoms with Gasteiger partial charge in [-0.05, 0) is 76.9 Å². The van der Waals surface area contributed by atoms with Crippen LogP contribution in [0.1, 0.15) is 41.1 Å². The van der Waals surface area contributed by atoms with Crippen molar-refractivity contribution < 1.29 is 0 Å². The minimum atomic E-state index is 0.0713. The van der Waals surface area contributed by atoms with Gasteiger partial charge in [0, 0.05) is 24.1 Å². The molecule has 2 N–H and O–H groups in total. The number of aromatic amines is 1. The summed E-state index contributed by atoms with van der Waals surface area (Å²) in [5.41, 5.74) is 4.71. The fourth-order valence-corrected chi connectivity index (χ4v) is 3.93. The molecule has 1 aliphatic heterocycles. The first kappa shape index (κ1) is 17.9. The highest BCUT2D eigenvalue weighted by Gasteiger charge is 2.40. The third kappa shape index (κ3) is 3.85. The van der Waals surface area contributed by atoms with E-state index in [1.54, 1.807) is 0 Å². The van der Waals surface area contributed by atoms with Gasteiger partial charge in [0.2, 0.25) is 0 Å². The summed E-state index contributed by atoms with van der Waals surface area (Å²) in [7, 11) is 4.21. The van der Waals surface area contributed by atoms with E-state index in [0.29, 0.717) is 0 Å². The molecule has 0 spiro atoms. The summed E-state index contributed by atoms with van der Waals surface area (Å²) in [6, 6.07) is 8.53. The van der Waals surface area contributed by atoms with E-state index in [4.69, 9.17) is 12.2 Å². The van der Waals surface area contributed by atoms with Gasteiger partial charge in [-0.3, -0.25) is 4.98 Å². The van der Waals surface area contributed by atoms with E-state index in [1.807, 2.05) is 18.3 Å². The number of thiocarbonyl (C=S) groups is 1. The lowest BCUT2D eigenvalue weighted by atomic mass is 9.96. The van der Waals surface area contributed by atoms with Crippen LogP contribution in [0.3, 0.4) is 0 Å². The van der Waals surface area contributed by atoms with Gasteiger partial charge in [-0.15, -0.1) is 0 Å². The fourth-order valence-electron chi connectivity index (χ4n) is 3.59. The van der Waals surface area contributed by atoms with E-state index in [-0.39, 0.29) is 12.1 Å². The lowest BCUT2D eigenvalue weighted by Crippen LogP contribution is -2.32. The maximum atomic E-state index is 5.69. The van der Waals surface area contributed by atoms with Crippen LogP contribution in [0.5, 0.6) is 0 Å². The molecule has 0 unspecified atom stereocenters. The largest absolute Gasteiger partial charge is 0.362 e. The summed E-state index contributed by atoms with van der Waals surface area (Å²) in [6.07, 6.45) is 2.92. The Hall–Kier alpha value is -1.92. The second kappa shape index (κ2) is 7.54. The molecule has 3 rings (SSSR count). The summed E-state index contributed by atoms with van der Waals surface area (Å²) in [4.78, 5) is 12.6. The molecule has 0 radical (unpaired) electrons. The van der Waals surface area contributed by atoms with E-state index >= 15 is 0 Å². The first-order valence-electron chi connectivity index (χ1n) is 8.76. The van der Waals surface area contributed by atoms with Crippen molar-refractivity contribution in [2.45, 2.75) is 32.4 Å². The molecule has 0 aromatic carbocycles. The summed E-state index contributed by atoms with van der Waals surface area (Å²) in [5, 5.41) is 4.33. The van der Waals surface area contributed by atoms with Crippen molar-refractivity contribution >= 4 is 17.3 Å². The average molecular weight is 358 g/mol. The van der Waals surface area contributed by atoms with E-state index in [0.717, 1.165) is 30.3 Å². The standard InChI is InChI=1S/C19H27N5S/c1-13-12-15(14(2)21-13)18-17(16-8-5-6-9-20-16)22-19(25)24(18)11-7-10-23(3)4/h5-6,8-9,12,17-18,21H,7,10-11H2,1-4H3,(H,22,25)/t17-,18-/m0/s1. The average Bonchev–Trinajstić information content (AvgIpc) is 3.07. The molecule has 2 atom stereocenters. The molecule has 6 heteroatoms. The highest BCUT2D eigenvalue weighted by molar-refractivity contribution is 7.80. The number of rotatable bonds is 6. The smallest absolute Gasteiger partial charge is 0.170 e. The van der Waals surface area contributed by atoms with Crippen LogP contribution >= 0.6 is 12.2 Å². The monoisotopic (exact) mass is 357 g/mol. The van der Waals surface area contributed by atoms with Gasteiger partial charge < -0.3 is 20.1 Å². The Bertz CT molecular complexity index is 725. The zero-order valence-electron chi connectivity index (χ0n) is 15.4. The van der Waals surface area contributed by atoms with Gasteiger partial charge >= 0.3 is 0 Å². The molecule has 0 bridgehead atoms. The number of hydrogen-bond acceptors (Lipinski definition) is 3. The number of pyridine rings is 1. The number of H-pyrrole nitrogens is 1. The summed E-state index contributed by atoms with van der Waals surface area (Å²) in [6.45, 7) is 6.22. The van der Waals surface area contributed by atoms with Crippen molar-refractivity contribution in [3.63, 3.8) is 0 Å². The molecule has 1 aliphatic rings. The fraction of sp³-hybridized carbons (Fsp3) is 0.474. The Morgan fingerprint density at radius 3 is 2.68 bits per heavy atom. The second-order valence-corrected chi connectivity index (χ2v) is 7.40. The molecule has 0 aliphatic carbocycles. The van der Waals surface area contributed by atoms with E-state index < -0.39 is 0 Å². The number of nitrogens with zero attached hydrogens (tertiary/aromatic N) is 3. The van der Waals surface area contributed by atoms with Crippen molar-refractivity contribution in [2.24, 2.45) is 0 Å². The Kier molecular flexibility index (Phi) is 5.39. The van der Waals surface area contributed by atoms with Crippen LogP contribution in [0.4, 0.5) is 0 Å². The lowest BCUT2D eigenvalue weighted by molar-refractivity contribution is 0.292. The number of nitrogens with one attached hydrogen (secondary N) is 2. The van der Waals surface area contributed by atoms with E-state index in [2.05, 4.69) is 65.2 Å². The maximum absolute atomic E-state index is 5.69. The Morgan fingerprint density at radius 2 is 2.08 bits per heavy atom. The molecule has 0 amide bonds. The third-order valence-electron chi connectivity index (χ3n) is 4.71. The van der Waals surface area contributed by atoms with Gasteiger partial charge in [-0.25, -0.2) is 0 Å². The molecule has 25 heavy (non-hydrogen) atoms. The highest BCUT2D eigenvalue weighted by atomic mass is 32.1. The molecule has 2 aromatic rings. The zero-order valence-corrected chi connectivity index (χ0v) is 16.2. The van der Waals surface area contributed by atoms with Gasteiger partial charge in [0.05, 0.1) is 17.8 Å². The molecule has 2 aromatic heterocycles. The normalized spacial score (nSPS) is 20.4. The Morgan fingerprint density at radius 1 is 1.28 bits per heavy atom. The van der Waals surface area contributed by atoms with E-state index in [9.17, 15) is 0 Å². The summed E-state index contributed by atoms with van der Waals surface area (Å²) < 4.78 is 0. The summed E-state index contributed by atoms with van der Waals surface area (Å²) >= 11 is 5.69. The van der Waals surface area contributed by atoms with Gasteiger partial charge in [0.15, 0.2) is 5.11 Å². The Labute approximate surface area is 155 Å². The Balaban J connectivity index is 1.93. The second-order valence-electron chi connectivity index (χ2n) is 7.01. The van der Waals surface area contributed by atoms with Gasteiger partial charge in [0.1, 0.15) is 0 Å². The van der Waals surface area contributed by atoms with Crippen LogP contribution in [0, 0.1) is 13.8 Å². The molecule has 5 nitrogen and oxygen atoms in total. The molecule has 134 valence electrons. The molecule has 1 saturated heterocycles. The quantitative estimate of drug-likeness (QED) is 0.779. The minimum absolute atomic E-state index is 0.0713. The van der Waals surface area contributed by atoms with Gasteiger partial charge in [0.25, 0.3) is 0 Å². The van der Waals surface area contributed by atoms with Crippen LogP contribution in [0.15, 0.2) is 30.5 Å². The van der Waals surface area contributed by atoms with E-state index in [1.165, 1.54) is 17.0 Å². The molecular weight excluding hydrogens is 330 g/mol. The first-order chi connectivity index (χ1) is 12.0. The van der Waals surface area contributed by atoms with Crippen molar-refractivity contribution in [3.8, 4) is 0 Å². The molecular formula is C19H27N5S. The number of aromatic nitrogens is 2. The van der Waals surface area contributed by atoms with Crippen LogP contribution < -0.4 is 5.32 Å². The summed E-state index contributed by atoms with van der Waals surface area (Å²) in [5.74, 6) is 0. The lowest BCUT2D eigenvalue weighted by Gasteiger charge is -2.28. The molecule has 0 saturated carbocycles. The predicted octanol–water partition coefficient (Wildman–Crippen LogP) is 2.95. The van der Waals surface area contributed by atoms with Crippen LogP contribution in [0.2, 0.25) is 0 Å². The minimum Gasteiger partial charge on any atom is -0.362 e. The topological polar surface area (TPSA) is 47.2 Å². The molecule has 3 heterocycles. The van der Waals surface area contributed by atoms with Crippen molar-refractivity contribution in [3.05, 3.63) is 53.1 Å². The first-order valence-corrected chi connectivity index (χ1v) is 9.17. The van der Waals surface area contributed by atoms with Crippen molar-refractivity contribution in [2.75, 3.05) is 27.2 Å². The number of hydrogen-bond donors (Lipinski definition) is 2. The SMILES string of the molecule is Cc1cc([C@H]2[C@H](c3ccccn3)NC(=S)N2CCCN(C)C)c(C)[nH]1. The third-order valence-corrected chi connectivity index (χ3v) is 5.06. The van der Waals surface area contributed by atoms with Gasteiger partial charge in [-0.1, -0.05) is 6.07 Å². The van der Waals surface area contributed by atoms with Crippen molar-refractivity contribution in [1.82, 2.24) is 25.1 Å². The van der Waals surface area contributed by atoms with Crippen LogP contribution in [0.25, 0.3) is 0 Å². The maximum Gasteiger partial charge on any atom is 0.170 e. The van der Waals surface area contributed by atoms with Crippen LogP contribution in [-0.2, 0) is 0 Å². The predicted molar refractivity (Wildman–Crippen MR) is 106 cm³/mol. The number of aryl methyl sites for hydroxylation is 2. The van der Waals surface area contributed by atoms with Crippen molar-refractivity contribution in [1.29, 1.82) is 0 Å². The molecule has 1 fully saturated rings. The van der Waals surface area contributed by atoms with Gasteiger partial charge in [-0.2, -0.15) is 0 Å². The van der Waals surface area contributed by atoms with Crippen LogP contribution in [-0.4, -0.2) is 52.1 Å². The highest BCUT2D eigenvalue weighted by Crippen LogP contribution is 2.40. The zero-order chi connectivity index (χ0) is 18.0.